The van der Waals surface area contributed by atoms with Crippen LogP contribution >= 0.6 is 0 Å². The molecule has 192 valence electrons. The number of carbonyl (C=O) groups excluding carboxylic acids is 2. The number of aliphatic hydroxyl groups is 3. The van der Waals surface area contributed by atoms with Crippen LogP contribution in [0.25, 0.3) is 0 Å². The highest BCUT2D eigenvalue weighted by molar-refractivity contribution is 6.30. The minimum atomic E-state index is -1.27. The maximum Gasteiger partial charge on any atom is 0.201 e. The summed E-state index contributed by atoms with van der Waals surface area (Å²) in [7, 11) is 1.37. The Balaban J connectivity index is 1.60. The molecule has 36 heavy (non-hydrogen) atoms. The van der Waals surface area contributed by atoms with Gasteiger partial charge in [0, 0.05) is 42.0 Å². The molecule has 6 atom stereocenters. The van der Waals surface area contributed by atoms with Crippen LogP contribution in [0.1, 0.15) is 75.8 Å². The molecule has 0 saturated carbocycles. The van der Waals surface area contributed by atoms with Crippen molar-refractivity contribution in [3.63, 3.8) is 0 Å². The van der Waals surface area contributed by atoms with Crippen LogP contribution in [0.4, 0.5) is 0 Å². The van der Waals surface area contributed by atoms with Crippen molar-refractivity contribution in [3.8, 4) is 17.2 Å². The quantitative estimate of drug-likeness (QED) is 0.356. The van der Waals surface area contributed by atoms with E-state index in [-0.39, 0.29) is 52.8 Å². The molecule has 0 spiro atoms. The van der Waals surface area contributed by atoms with Gasteiger partial charge in [-0.25, -0.2) is 0 Å². The Morgan fingerprint density at radius 1 is 1.06 bits per heavy atom. The molecule has 10 heteroatoms. The van der Waals surface area contributed by atoms with Gasteiger partial charge in [-0.1, -0.05) is 0 Å². The lowest BCUT2D eigenvalue weighted by Crippen LogP contribution is -2.48. The van der Waals surface area contributed by atoms with Crippen LogP contribution in [-0.2, 0) is 15.9 Å². The van der Waals surface area contributed by atoms with E-state index in [1.807, 2.05) is 0 Å². The van der Waals surface area contributed by atoms with Crippen LogP contribution in [0.15, 0.2) is 18.2 Å². The summed E-state index contributed by atoms with van der Waals surface area (Å²) in [5.74, 6) is -2.01. The topological polar surface area (TPSA) is 163 Å². The molecule has 0 amide bonds. The van der Waals surface area contributed by atoms with Crippen LogP contribution in [0.3, 0.4) is 0 Å². The summed E-state index contributed by atoms with van der Waals surface area (Å²) < 4.78 is 16.8. The van der Waals surface area contributed by atoms with E-state index >= 15 is 0 Å². The Morgan fingerprint density at radius 2 is 1.75 bits per heavy atom. The number of carbonyl (C=O) groups is 2. The Bertz CT molecular complexity index is 1250. The number of aromatic hydroxyl groups is 2. The molecule has 1 fully saturated rings. The lowest BCUT2D eigenvalue weighted by atomic mass is 9.74. The van der Waals surface area contributed by atoms with E-state index in [0.29, 0.717) is 5.56 Å². The van der Waals surface area contributed by atoms with E-state index in [4.69, 9.17) is 14.2 Å². The molecule has 2 unspecified atom stereocenters. The summed E-state index contributed by atoms with van der Waals surface area (Å²) in [6.07, 6.45) is -4.68. The number of benzene rings is 2. The van der Waals surface area contributed by atoms with Crippen molar-refractivity contribution in [1.29, 1.82) is 0 Å². The number of ketones is 2. The number of phenolic OH excluding ortho intramolecular Hbond substituents is 2. The summed E-state index contributed by atoms with van der Waals surface area (Å²) >= 11 is 0. The van der Waals surface area contributed by atoms with Gasteiger partial charge in [-0.3, -0.25) is 9.59 Å². The minimum Gasteiger partial charge on any atom is -0.507 e. The molecule has 1 aliphatic heterocycles. The summed E-state index contributed by atoms with van der Waals surface area (Å²) in [5, 5.41) is 52.9. The van der Waals surface area contributed by atoms with Crippen molar-refractivity contribution in [3.05, 3.63) is 51.6 Å². The molecule has 2 aliphatic carbocycles. The lowest BCUT2D eigenvalue weighted by molar-refractivity contribution is -0.266. The third-order valence-corrected chi connectivity index (χ3v) is 7.21. The number of ether oxygens (including phenoxy) is 3. The molecule has 0 bridgehead atoms. The molecule has 5 N–H and O–H groups in total. The standard InChI is InChI=1S/C26H28O10/c1-10-22(29)16(28)7-18(35-10)36-17-9-26(2,33)8-11-4-13-21(24(31)19(11)17)25(32)20-14(23(13)30)5-12(34-3)6-15(20)27/h4-6,10,16-18,22,27-29,31,33H,7-9H2,1-3H3/t10-,16+,17?,18+,22-,26?/m1/s1. The van der Waals surface area contributed by atoms with Gasteiger partial charge in [-0.05, 0) is 31.5 Å². The first-order valence-electron chi connectivity index (χ1n) is 11.7. The fraction of sp³-hybridized carbons (Fsp3) is 0.462. The SMILES string of the molecule is COc1cc(O)c2c(c1)C(=O)c1cc3c(c(O)c1C2=O)C(O[C@H]1C[C@H](O)[C@H](O)[C@@H](C)O1)CC(C)(O)C3. The first-order chi connectivity index (χ1) is 16.9. The van der Waals surface area contributed by atoms with Crippen molar-refractivity contribution in [1.82, 2.24) is 0 Å². The van der Waals surface area contributed by atoms with Gasteiger partial charge in [-0.15, -0.1) is 0 Å². The number of fused-ring (bicyclic) bond motifs is 3. The first-order valence-corrected chi connectivity index (χ1v) is 11.7. The molecule has 2 aromatic carbocycles. The van der Waals surface area contributed by atoms with Gasteiger partial charge >= 0.3 is 0 Å². The summed E-state index contributed by atoms with van der Waals surface area (Å²) in [6, 6.07) is 4.05. The van der Waals surface area contributed by atoms with Gasteiger partial charge in [0.2, 0.25) is 5.78 Å². The molecule has 1 heterocycles. The second-order valence-electron chi connectivity index (χ2n) is 10.0. The monoisotopic (exact) mass is 500 g/mol. The van der Waals surface area contributed by atoms with Crippen molar-refractivity contribution in [2.75, 3.05) is 7.11 Å². The number of aliphatic hydroxyl groups excluding tert-OH is 2. The summed E-state index contributed by atoms with van der Waals surface area (Å²) in [6.45, 7) is 3.18. The van der Waals surface area contributed by atoms with E-state index in [2.05, 4.69) is 0 Å². The number of methoxy groups -OCH3 is 1. The highest BCUT2D eigenvalue weighted by atomic mass is 16.7. The molecular weight excluding hydrogens is 472 g/mol. The zero-order valence-electron chi connectivity index (χ0n) is 20.0. The van der Waals surface area contributed by atoms with Gasteiger partial charge in [0.25, 0.3) is 0 Å². The predicted molar refractivity (Wildman–Crippen MR) is 123 cm³/mol. The van der Waals surface area contributed by atoms with Gasteiger partial charge in [0.1, 0.15) is 23.4 Å². The van der Waals surface area contributed by atoms with E-state index in [1.165, 1.54) is 25.3 Å². The molecule has 3 aliphatic rings. The Morgan fingerprint density at radius 3 is 2.42 bits per heavy atom. The fourth-order valence-electron chi connectivity index (χ4n) is 5.46. The lowest BCUT2D eigenvalue weighted by Gasteiger charge is -2.41. The number of rotatable bonds is 3. The third-order valence-electron chi connectivity index (χ3n) is 7.21. The Kier molecular flexibility index (Phi) is 5.85. The minimum absolute atomic E-state index is 0.0360. The Labute approximate surface area is 206 Å². The molecule has 0 aromatic heterocycles. The fourth-order valence-corrected chi connectivity index (χ4v) is 5.46. The number of hydrogen-bond acceptors (Lipinski definition) is 10. The molecule has 5 rings (SSSR count). The van der Waals surface area contributed by atoms with Gasteiger partial charge in [-0.2, -0.15) is 0 Å². The predicted octanol–water partition coefficient (Wildman–Crippen LogP) is 1.49. The second kappa shape index (κ2) is 8.53. The van der Waals surface area contributed by atoms with E-state index in [9.17, 15) is 35.1 Å². The van der Waals surface area contributed by atoms with E-state index in [1.54, 1.807) is 13.8 Å². The van der Waals surface area contributed by atoms with Crippen LogP contribution < -0.4 is 4.74 Å². The third kappa shape index (κ3) is 3.86. The average molecular weight is 501 g/mol. The molecule has 0 radical (unpaired) electrons. The zero-order chi connectivity index (χ0) is 26.1. The van der Waals surface area contributed by atoms with Crippen LogP contribution in [0.5, 0.6) is 17.2 Å². The Hall–Kier alpha value is -3.02. The van der Waals surface area contributed by atoms with Gasteiger partial charge < -0.3 is 39.7 Å². The maximum absolute atomic E-state index is 13.4. The smallest absolute Gasteiger partial charge is 0.201 e. The molecular formula is C26H28O10. The van der Waals surface area contributed by atoms with Crippen LogP contribution in [0.2, 0.25) is 0 Å². The van der Waals surface area contributed by atoms with Crippen molar-refractivity contribution >= 4 is 11.6 Å². The maximum atomic E-state index is 13.4. The highest BCUT2D eigenvalue weighted by Gasteiger charge is 2.44. The van der Waals surface area contributed by atoms with Crippen LogP contribution in [0, 0.1) is 0 Å². The van der Waals surface area contributed by atoms with E-state index < -0.39 is 59.4 Å². The van der Waals surface area contributed by atoms with Crippen molar-refractivity contribution in [2.24, 2.45) is 0 Å². The van der Waals surface area contributed by atoms with Crippen molar-refractivity contribution < 1.29 is 49.3 Å². The first kappa shape index (κ1) is 24.7. The molecule has 1 saturated heterocycles. The largest absolute Gasteiger partial charge is 0.507 e. The number of hydrogen-bond donors (Lipinski definition) is 5. The summed E-state index contributed by atoms with van der Waals surface area (Å²) in [4.78, 5) is 26.8. The normalized spacial score (nSPS) is 31.4. The molecule has 10 nitrogen and oxygen atoms in total. The highest BCUT2D eigenvalue weighted by Crippen LogP contribution is 2.48. The second-order valence-corrected chi connectivity index (χ2v) is 10.0. The average Bonchev–Trinajstić information content (AvgIpc) is 2.79. The van der Waals surface area contributed by atoms with Crippen LogP contribution in [-0.4, -0.2) is 74.4 Å². The van der Waals surface area contributed by atoms with Crippen molar-refractivity contribution in [2.45, 2.75) is 69.4 Å². The number of phenols is 2. The van der Waals surface area contributed by atoms with Gasteiger partial charge in [0.15, 0.2) is 12.1 Å². The van der Waals surface area contributed by atoms with Gasteiger partial charge in [0.05, 0.1) is 42.1 Å². The van der Waals surface area contributed by atoms with E-state index in [0.717, 1.165) is 0 Å². The summed E-state index contributed by atoms with van der Waals surface area (Å²) in [5.41, 5.74) is -1.19. The molecule has 2 aromatic rings. The zero-order valence-corrected chi connectivity index (χ0v) is 20.0.